The van der Waals surface area contributed by atoms with Crippen molar-refractivity contribution in [1.29, 1.82) is 0 Å². The Morgan fingerprint density at radius 3 is 2.71 bits per heavy atom. The summed E-state index contributed by atoms with van der Waals surface area (Å²) in [5.41, 5.74) is 2.63. The van der Waals surface area contributed by atoms with Gasteiger partial charge in [0, 0.05) is 21.6 Å². The molecule has 1 aromatic carbocycles. The van der Waals surface area contributed by atoms with Gasteiger partial charge in [-0.1, -0.05) is 25.4 Å². The summed E-state index contributed by atoms with van der Waals surface area (Å²) in [6, 6.07) is 5.60. The predicted octanol–water partition coefficient (Wildman–Crippen LogP) is 3.10. The summed E-state index contributed by atoms with van der Waals surface area (Å²) in [5, 5.41) is 13.1. The first-order chi connectivity index (χ1) is 10.0. The lowest BCUT2D eigenvalue weighted by atomic mass is 10.2. The van der Waals surface area contributed by atoms with Crippen molar-refractivity contribution < 1.29 is 14.3 Å². The van der Waals surface area contributed by atoms with Crippen molar-refractivity contribution in [2.75, 3.05) is 6.67 Å². The number of benzene rings is 1. The van der Waals surface area contributed by atoms with E-state index in [0.717, 1.165) is 22.2 Å². The molecule has 1 amide bonds. The number of carbonyl (C=O) groups is 1. The van der Waals surface area contributed by atoms with Crippen molar-refractivity contribution in [2.24, 2.45) is 0 Å². The number of amides is 1. The van der Waals surface area contributed by atoms with Crippen LogP contribution in [0.2, 0.25) is 5.02 Å². The van der Waals surface area contributed by atoms with E-state index in [-0.39, 0.29) is 6.54 Å². The van der Waals surface area contributed by atoms with Gasteiger partial charge in [0.05, 0.1) is 6.54 Å². The predicted molar refractivity (Wildman–Crippen MR) is 83.2 cm³/mol. The van der Waals surface area contributed by atoms with Gasteiger partial charge in [0.15, 0.2) is 6.10 Å². The number of aryl methyl sites for hydroxylation is 1. The average Bonchev–Trinajstić information content (AvgIpc) is 2.88. The fraction of sp³-hybridized carbons (Fsp3) is 0.400. The van der Waals surface area contributed by atoms with Gasteiger partial charge in [0.1, 0.15) is 6.67 Å². The quantitative estimate of drug-likeness (QED) is 0.812. The number of aliphatic hydroxyl groups excluding tert-OH is 1. The second kappa shape index (κ2) is 8.00. The monoisotopic (exact) mass is 314 g/mol. The van der Waals surface area contributed by atoms with Crippen LogP contribution in [0.5, 0.6) is 0 Å². The molecule has 0 radical (unpaired) electrons. The van der Waals surface area contributed by atoms with Gasteiger partial charge < -0.3 is 15.4 Å². The molecule has 0 aliphatic heterocycles. The molecule has 0 spiro atoms. The minimum atomic E-state index is -1.61. The maximum absolute atomic E-state index is 12.1. The maximum Gasteiger partial charge on any atom is 0.251 e. The molecule has 6 heteroatoms. The first kappa shape index (κ1) is 17.5. The van der Waals surface area contributed by atoms with Crippen LogP contribution < -0.4 is 5.32 Å². The van der Waals surface area contributed by atoms with E-state index in [0.29, 0.717) is 5.02 Å². The summed E-state index contributed by atoms with van der Waals surface area (Å²) < 4.78 is 12.1. The minimum absolute atomic E-state index is 0.196. The van der Waals surface area contributed by atoms with E-state index in [1.807, 2.05) is 39.0 Å². The van der Waals surface area contributed by atoms with Crippen molar-refractivity contribution in [3.05, 3.63) is 34.5 Å². The summed E-state index contributed by atoms with van der Waals surface area (Å²) in [6.07, 6.45) is -1.61. The molecule has 0 aliphatic carbocycles. The highest BCUT2D eigenvalue weighted by atomic mass is 35.5. The zero-order valence-corrected chi connectivity index (χ0v) is 13.1. The van der Waals surface area contributed by atoms with E-state index in [1.165, 1.54) is 0 Å². The number of hydrogen-bond acceptors (Lipinski definition) is 2. The Morgan fingerprint density at radius 1 is 1.43 bits per heavy atom. The number of alkyl halides is 1. The first-order valence-corrected chi connectivity index (χ1v) is 7.18. The molecule has 0 saturated heterocycles. The van der Waals surface area contributed by atoms with Crippen molar-refractivity contribution in [3.63, 3.8) is 0 Å². The fourth-order valence-electron chi connectivity index (χ4n) is 1.79. The lowest BCUT2D eigenvalue weighted by Crippen LogP contribution is -2.35. The Bertz CT molecular complexity index is 574. The third-order valence-corrected chi connectivity index (χ3v) is 3.26. The van der Waals surface area contributed by atoms with Gasteiger partial charge in [0.25, 0.3) is 5.91 Å². The van der Waals surface area contributed by atoms with Crippen LogP contribution in [0.15, 0.2) is 18.2 Å². The highest BCUT2D eigenvalue weighted by Crippen LogP contribution is 2.23. The number of hydrogen-bond donors (Lipinski definition) is 3. The number of fused-ring (bicyclic) bond motifs is 1. The minimum Gasteiger partial charge on any atom is -0.381 e. The van der Waals surface area contributed by atoms with Crippen LogP contribution >= 0.6 is 11.6 Å². The molecule has 0 bridgehead atoms. The molecule has 21 heavy (non-hydrogen) atoms. The number of carbonyl (C=O) groups excluding carboxylic acids is 1. The van der Waals surface area contributed by atoms with Crippen LogP contribution in [-0.4, -0.2) is 28.8 Å². The Hall–Kier alpha value is -1.59. The molecule has 1 atom stereocenters. The van der Waals surface area contributed by atoms with Gasteiger partial charge in [-0.25, -0.2) is 4.39 Å². The number of H-pyrrole nitrogens is 1. The van der Waals surface area contributed by atoms with E-state index in [1.54, 1.807) is 0 Å². The molecule has 2 aromatic rings. The molecule has 0 fully saturated rings. The second-order valence-electron chi connectivity index (χ2n) is 4.37. The Kier molecular flexibility index (Phi) is 6.65. The zero-order chi connectivity index (χ0) is 16.0. The van der Waals surface area contributed by atoms with Crippen molar-refractivity contribution >= 4 is 28.4 Å². The Labute approximate surface area is 128 Å². The van der Waals surface area contributed by atoms with Crippen molar-refractivity contribution in [1.82, 2.24) is 10.3 Å². The number of nitrogens with one attached hydrogen (secondary N) is 2. The molecule has 3 N–H and O–H groups in total. The third-order valence-electron chi connectivity index (χ3n) is 2.86. The molecular weight excluding hydrogens is 295 g/mol. The molecule has 1 unspecified atom stereocenters. The number of aliphatic hydroxyl groups is 1. The highest BCUT2D eigenvalue weighted by Gasteiger charge is 2.14. The summed E-state index contributed by atoms with van der Waals surface area (Å²) in [6.45, 7) is 5.01. The largest absolute Gasteiger partial charge is 0.381 e. The van der Waals surface area contributed by atoms with Crippen LogP contribution in [0.3, 0.4) is 0 Å². The Balaban J connectivity index is 0.00000106. The molecule has 116 valence electrons. The molecular formula is C15H20ClFN2O2. The van der Waals surface area contributed by atoms with Crippen LogP contribution in [0.4, 0.5) is 4.39 Å². The van der Waals surface area contributed by atoms with Crippen molar-refractivity contribution in [3.8, 4) is 0 Å². The third kappa shape index (κ3) is 4.44. The van der Waals surface area contributed by atoms with Gasteiger partial charge >= 0.3 is 0 Å². The van der Waals surface area contributed by atoms with Crippen molar-refractivity contribution in [2.45, 2.75) is 33.4 Å². The maximum atomic E-state index is 12.1. The molecule has 2 rings (SSSR count). The molecule has 0 saturated carbocycles. The zero-order valence-electron chi connectivity index (χ0n) is 12.3. The summed E-state index contributed by atoms with van der Waals surface area (Å²) in [7, 11) is 0. The standard InChI is InChI=1S/C13H14ClFN2O2.C2H6/c1-7-2-11-8(4-10(7)14)3-9(17-11)6-16-13(19)12(18)5-15;1-2/h2-4,12,17-18H,5-6H2,1H3,(H,16,19);1-2H3. The van der Waals surface area contributed by atoms with E-state index < -0.39 is 18.7 Å². The summed E-state index contributed by atoms with van der Waals surface area (Å²) in [4.78, 5) is 14.4. The molecule has 0 aliphatic rings. The first-order valence-electron chi connectivity index (χ1n) is 6.80. The summed E-state index contributed by atoms with van der Waals surface area (Å²) in [5.74, 6) is -0.727. The SMILES string of the molecule is CC.Cc1cc2[nH]c(CNC(=O)C(O)CF)cc2cc1Cl. The smallest absolute Gasteiger partial charge is 0.251 e. The number of aromatic amines is 1. The lowest BCUT2D eigenvalue weighted by Gasteiger charge is -2.06. The molecule has 4 nitrogen and oxygen atoms in total. The van der Waals surface area contributed by atoms with Crippen LogP contribution in [0.25, 0.3) is 10.9 Å². The van der Waals surface area contributed by atoms with Crippen LogP contribution in [0, 0.1) is 6.92 Å². The second-order valence-corrected chi connectivity index (χ2v) is 4.78. The number of halogens is 2. The number of aromatic nitrogens is 1. The van der Waals surface area contributed by atoms with Crippen LogP contribution in [0.1, 0.15) is 25.1 Å². The van der Waals surface area contributed by atoms with E-state index in [4.69, 9.17) is 16.7 Å². The lowest BCUT2D eigenvalue weighted by molar-refractivity contribution is -0.130. The van der Waals surface area contributed by atoms with Gasteiger partial charge in [0.2, 0.25) is 0 Å². The van der Waals surface area contributed by atoms with Crippen LogP contribution in [-0.2, 0) is 11.3 Å². The van der Waals surface area contributed by atoms with Gasteiger partial charge in [-0.05, 0) is 30.7 Å². The van der Waals surface area contributed by atoms with E-state index in [2.05, 4.69) is 10.3 Å². The van der Waals surface area contributed by atoms with E-state index in [9.17, 15) is 9.18 Å². The highest BCUT2D eigenvalue weighted by molar-refractivity contribution is 6.32. The summed E-state index contributed by atoms with van der Waals surface area (Å²) >= 11 is 6.03. The molecule has 1 heterocycles. The van der Waals surface area contributed by atoms with Gasteiger partial charge in [-0.2, -0.15) is 0 Å². The van der Waals surface area contributed by atoms with Gasteiger partial charge in [-0.3, -0.25) is 4.79 Å². The van der Waals surface area contributed by atoms with E-state index >= 15 is 0 Å². The van der Waals surface area contributed by atoms with Gasteiger partial charge in [-0.15, -0.1) is 0 Å². The fourth-order valence-corrected chi connectivity index (χ4v) is 1.96. The average molecular weight is 315 g/mol. The number of rotatable bonds is 4. The molecule has 1 aromatic heterocycles. The normalized spacial score (nSPS) is 11.7. The Morgan fingerprint density at radius 2 is 2.10 bits per heavy atom. The topological polar surface area (TPSA) is 65.1 Å².